The topological polar surface area (TPSA) is 55.9 Å². The normalized spacial score (nSPS) is 29.5. The molecule has 1 aromatic rings. The fourth-order valence-corrected chi connectivity index (χ4v) is 4.98. The van der Waals surface area contributed by atoms with Gasteiger partial charge in [-0.25, -0.2) is 9.69 Å². The van der Waals surface area contributed by atoms with Crippen molar-refractivity contribution in [3.05, 3.63) is 35.4 Å². The molecule has 0 aromatic heterocycles. The summed E-state index contributed by atoms with van der Waals surface area (Å²) in [7, 11) is 0. The predicted octanol–water partition coefficient (Wildman–Crippen LogP) is 2.57. The molecule has 2 atom stereocenters. The van der Waals surface area contributed by atoms with E-state index in [1.54, 1.807) is 0 Å². The van der Waals surface area contributed by atoms with Crippen LogP contribution in [0.25, 0.3) is 0 Å². The van der Waals surface area contributed by atoms with E-state index in [-0.39, 0.29) is 17.9 Å². The minimum atomic E-state index is -0.650. The molecule has 152 valence electrons. The number of amides is 3. The first-order valence-electron chi connectivity index (χ1n) is 10.6. The molecule has 0 bridgehead atoms. The predicted molar refractivity (Wildman–Crippen MR) is 109 cm³/mol. The molecule has 1 N–H and O–H groups in total. The lowest BCUT2D eigenvalue weighted by Gasteiger charge is -2.38. The highest BCUT2D eigenvalue weighted by Crippen LogP contribution is 2.38. The molecular weight excluding hydrogens is 352 g/mol. The van der Waals surface area contributed by atoms with Gasteiger partial charge in [0.05, 0.1) is 6.67 Å². The maximum atomic E-state index is 13.1. The van der Waals surface area contributed by atoms with E-state index >= 15 is 0 Å². The number of benzene rings is 1. The molecule has 6 heteroatoms. The molecule has 3 aliphatic rings. The summed E-state index contributed by atoms with van der Waals surface area (Å²) in [5.41, 5.74) is 1.99. The molecular formula is C22H32N4O2. The summed E-state index contributed by atoms with van der Waals surface area (Å²) in [4.78, 5) is 31.8. The van der Waals surface area contributed by atoms with Crippen LogP contribution in [0.3, 0.4) is 0 Å². The molecule has 6 nitrogen and oxygen atoms in total. The van der Waals surface area contributed by atoms with Gasteiger partial charge >= 0.3 is 6.03 Å². The number of hydrogen-bond donors (Lipinski definition) is 1. The lowest BCUT2D eigenvalue weighted by atomic mass is 9.73. The minimum absolute atomic E-state index is 0.00751. The van der Waals surface area contributed by atoms with E-state index in [2.05, 4.69) is 53.2 Å². The first-order chi connectivity index (χ1) is 13.5. The average Bonchev–Trinajstić information content (AvgIpc) is 2.91. The van der Waals surface area contributed by atoms with Crippen LogP contribution < -0.4 is 5.32 Å². The highest BCUT2D eigenvalue weighted by Gasteiger charge is 2.55. The van der Waals surface area contributed by atoms with Crippen molar-refractivity contribution in [2.45, 2.75) is 51.6 Å². The lowest BCUT2D eigenvalue weighted by molar-refractivity contribution is -0.136. The fraction of sp³-hybridized carbons (Fsp3) is 0.636. The van der Waals surface area contributed by atoms with Gasteiger partial charge in [-0.1, -0.05) is 49.6 Å². The number of nitrogens with zero attached hydrogens (tertiary/aromatic N) is 3. The number of imide groups is 1. The summed E-state index contributed by atoms with van der Waals surface area (Å²) in [6.07, 6.45) is 3.95. The average molecular weight is 385 g/mol. The summed E-state index contributed by atoms with van der Waals surface area (Å²) in [5, 5.41) is 3.06. The Morgan fingerprint density at radius 1 is 1.11 bits per heavy atom. The van der Waals surface area contributed by atoms with Crippen LogP contribution >= 0.6 is 0 Å². The van der Waals surface area contributed by atoms with Gasteiger partial charge in [0.2, 0.25) is 0 Å². The van der Waals surface area contributed by atoms with E-state index in [9.17, 15) is 9.59 Å². The molecule has 1 saturated carbocycles. The van der Waals surface area contributed by atoms with E-state index < -0.39 is 5.54 Å². The fourth-order valence-electron chi connectivity index (χ4n) is 4.98. The van der Waals surface area contributed by atoms with Crippen molar-refractivity contribution in [3.8, 4) is 0 Å². The van der Waals surface area contributed by atoms with Gasteiger partial charge in [0.1, 0.15) is 5.54 Å². The number of carbonyl (C=O) groups excluding carboxylic acids is 2. The zero-order chi connectivity index (χ0) is 19.7. The number of carbonyl (C=O) groups is 2. The van der Waals surface area contributed by atoms with Crippen LogP contribution in [0.2, 0.25) is 0 Å². The molecule has 3 fully saturated rings. The molecule has 2 heterocycles. The largest absolute Gasteiger partial charge is 0.326 e. The number of hydrogen-bond acceptors (Lipinski definition) is 4. The van der Waals surface area contributed by atoms with E-state index in [1.807, 2.05) is 0 Å². The van der Waals surface area contributed by atoms with Crippen LogP contribution in [0.5, 0.6) is 0 Å². The van der Waals surface area contributed by atoms with E-state index in [0.29, 0.717) is 6.67 Å². The molecule has 2 saturated heterocycles. The Bertz CT molecular complexity index is 744. The molecule has 4 rings (SSSR count). The second-order valence-electron chi connectivity index (χ2n) is 8.81. The van der Waals surface area contributed by atoms with E-state index in [1.165, 1.54) is 16.0 Å². The quantitative estimate of drug-likeness (QED) is 0.811. The van der Waals surface area contributed by atoms with Crippen LogP contribution in [0.15, 0.2) is 24.3 Å². The number of aryl methyl sites for hydroxylation is 1. The maximum Gasteiger partial charge on any atom is 0.326 e. The van der Waals surface area contributed by atoms with Gasteiger partial charge in [-0.3, -0.25) is 14.6 Å². The van der Waals surface area contributed by atoms with Gasteiger partial charge in [-0.2, -0.15) is 0 Å². The van der Waals surface area contributed by atoms with Crippen LogP contribution in [0.4, 0.5) is 4.79 Å². The Balaban J connectivity index is 1.32. The van der Waals surface area contributed by atoms with Crippen molar-refractivity contribution in [2.24, 2.45) is 5.92 Å². The van der Waals surface area contributed by atoms with Crippen LogP contribution in [-0.2, 0) is 11.3 Å². The highest BCUT2D eigenvalue weighted by atomic mass is 16.2. The summed E-state index contributed by atoms with van der Waals surface area (Å²) < 4.78 is 0. The minimum Gasteiger partial charge on any atom is -0.323 e. The summed E-state index contributed by atoms with van der Waals surface area (Å²) in [6.45, 7) is 9.27. The number of piperazine rings is 1. The Morgan fingerprint density at radius 3 is 2.57 bits per heavy atom. The van der Waals surface area contributed by atoms with Crippen molar-refractivity contribution in [2.75, 3.05) is 32.8 Å². The van der Waals surface area contributed by atoms with E-state index in [0.717, 1.165) is 58.4 Å². The van der Waals surface area contributed by atoms with Crippen molar-refractivity contribution in [1.29, 1.82) is 0 Å². The smallest absolute Gasteiger partial charge is 0.323 e. The highest BCUT2D eigenvalue weighted by molar-refractivity contribution is 6.07. The molecule has 0 unspecified atom stereocenters. The zero-order valence-electron chi connectivity index (χ0n) is 17.1. The third kappa shape index (κ3) is 3.67. The van der Waals surface area contributed by atoms with Crippen LogP contribution in [0.1, 0.15) is 43.7 Å². The summed E-state index contributed by atoms with van der Waals surface area (Å²) in [6, 6.07) is 8.45. The van der Waals surface area contributed by atoms with E-state index in [4.69, 9.17) is 0 Å². The SMILES string of the molecule is Cc1cccc(CN2CCN(CN3C(=O)N[C@@]4(CCCC[C@@H]4C)C3=O)CC2)c1. The molecule has 1 spiro atoms. The van der Waals surface area contributed by atoms with Gasteiger partial charge in [-0.15, -0.1) is 0 Å². The van der Waals surface area contributed by atoms with Crippen molar-refractivity contribution in [1.82, 2.24) is 20.0 Å². The summed E-state index contributed by atoms with van der Waals surface area (Å²) >= 11 is 0. The van der Waals surface area contributed by atoms with Gasteiger partial charge < -0.3 is 5.32 Å². The van der Waals surface area contributed by atoms with Crippen molar-refractivity contribution < 1.29 is 9.59 Å². The van der Waals surface area contributed by atoms with Gasteiger partial charge in [-0.05, 0) is 31.2 Å². The van der Waals surface area contributed by atoms with Gasteiger partial charge in [0, 0.05) is 32.7 Å². The maximum absolute atomic E-state index is 13.1. The zero-order valence-corrected chi connectivity index (χ0v) is 17.1. The van der Waals surface area contributed by atoms with Crippen LogP contribution in [-0.4, -0.2) is 65.0 Å². The molecule has 1 aliphatic carbocycles. The summed E-state index contributed by atoms with van der Waals surface area (Å²) in [5.74, 6) is 0.209. The Hall–Kier alpha value is -1.92. The number of nitrogens with one attached hydrogen (secondary N) is 1. The number of urea groups is 1. The standard InChI is InChI=1S/C22H32N4O2/c1-17-6-5-8-19(14-17)15-24-10-12-25(13-11-24)16-26-20(27)22(23-21(26)28)9-4-3-7-18(22)2/h5-6,8,14,18H,3-4,7,9-13,15-16H2,1-2H3,(H,23,28)/t18-,22+/m0/s1. The third-order valence-corrected chi connectivity index (χ3v) is 6.80. The first-order valence-corrected chi connectivity index (χ1v) is 10.6. The van der Waals surface area contributed by atoms with Crippen molar-refractivity contribution in [3.63, 3.8) is 0 Å². The molecule has 2 aliphatic heterocycles. The molecule has 28 heavy (non-hydrogen) atoms. The second kappa shape index (κ2) is 7.84. The molecule has 0 radical (unpaired) electrons. The first kappa shape index (κ1) is 19.4. The van der Waals surface area contributed by atoms with Gasteiger partial charge in [0.25, 0.3) is 5.91 Å². The lowest BCUT2D eigenvalue weighted by Crippen LogP contribution is -2.55. The Morgan fingerprint density at radius 2 is 1.86 bits per heavy atom. The monoisotopic (exact) mass is 384 g/mol. The molecule has 3 amide bonds. The number of rotatable bonds is 4. The third-order valence-electron chi connectivity index (χ3n) is 6.80. The van der Waals surface area contributed by atoms with Gasteiger partial charge in [0.15, 0.2) is 0 Å². The van der Waals surface area contributed by atoms with Crippen LogP contribution in [0, 0.1) is 12.8 Å². The Labute approximate surface area is 167 Å². The Kier molecular flexibility index (Phi) is 5.43. The second-order valence-corrected chi connectivity index (χ2v) is 8.81. The van der Waals surface area contributed by atoms with Crippen molar-refractivity contribution >= 4 is 11.9 Å². The molecule has 1 aromatic carbocycles.